The number of carbonyl (C=O) groups is 1. The summed E-state index contributed by atoms with van der Waals surface area (Å²) >= 11 is 0. The second-order valence-electron chi connectivity index (χ2n) is 6.49. The highest BCUT2D eigenvalue weighted by Crippen LogP contribution is 2.11. The summed E-state index contributed by atoms with van der Waals surface area (Å²) < 4.78 is 0. The van der Waals surface area contributed by atoms with Crippen molar-refractivity contribution in [3.05, 3.63) is 48.2 Å². The Balaban J connectivity index is 2.02. The fraction of sp³-hybridized carbons (Fsp3) is 0.412. The Hall–Kier alpha value is -2.50. The molecule has 6 nitrogen and oxygen atoms in total. The van der Waals surface area contributed by atoms with Crippen LogP contribution in [0.4, 0.5) is 5.82 Å². The number of nitrogens with one attached hydrogen (secondary N) is 1. The summed E-state index contributed by atoms with van der Waals surface area (Å²) in [6.45, 7) is 6.61. The zero-order valence-electron chi connectivity index (χ0n) is 14.1. The third-order valence-electron chi connectivity index (χ3n) is 3.25. The molecule has 0 saturated carbocycles. The van der Waals surface area contributed by atoms with Gasteiger partial charge in [0.15, 0.2) is 0 Å². The van der Waals surface area contributed by atoms with Gasteiger partial charge in [-0.2, -0.15) is 0 Å². The second kappa shape index (κ2) is 7.17. The van der Waals surface area contributed by atoms with Crippen molar-refractivity contribution in [2.45, 2.75) is 32.7 Å². The van der Waals surface area contributed by atoms with Gasteiger partial charge in [-0.3, -0.25) is 9.78 Å². The molecule has 0 aliphatic heterocycles. The van der Waals surface area contributed by atoms with Crippen molar-refractivity contribution in [2.75, 3.05) is 18.5 Å². The fourth-order valence-electron chi connectivity index (χ4n) is 2.05. The molecule has 2 aromatic heterocycles. The van der Waals surface area contributed by atoms with E-state index in [1.54, 1.807) is 18.5 Å². The molecule has 6 heteroatoms. The Bertz CT molecular complexity index is 652. The summed E-state index contributed by atoms with van der Waals surface area (Å²) in [7, 11) is 1.95. The van der Waals surface area contributed by atoms with E-state index in [0.717, 1.165) is 18.8 Å². The highest BCUT2D eigenvalue weighted by molar-refractivity contribution is 5.93. The minimum absolute atomic E-state index is 0.191. The molecule has 0 unspecified atom stereocenters. The van der Waals surface area contributed by atoms with E-state index in [-0.39, 0.29) is 11.4 Å². The lowest BCUT2D eigenvalue weighted by Gasteiger charge is -2.21. The van der Waals surface area contributed by atoms with Gasteiger partial charge in [-0.05, 0) is 44.9 Å². The maximum Gasteiger partial charge on any atom is 0.270 e. The Morgan fingerprint density at radius 3 is 2.57 bits per heavy atom. The van der Waals surface area contributed by atoms with Gasteiger partial charge in [-0.25, -0.2) is 9.97 Å². The number of anilines is 1. The number of amides is 1. The van der Waals surface area contributed by atoms with Crippen LogP contribution in [-0.4, -0.2) is 40.0 Å². The van der Waals surface area contributed by atoms with Crippen molar-refractivity contribution in [1.82, 2.24) is 20.3 Å². The van der Waals surface area contributed by atoms with E-state index in [9.17, 15) is 4.79 Å². The van der Waals surface area contributed by atoms with Crippen LogP contribution in [0.15, 0.2) is 36.9 Å². The normalized spacial score (nSPS) is 11.1. The molecule has 0 aromatic carbocycles. The molecular weight excluding hydrogens is 290 g/mol. The van der Waals surface area contributed by atoms with Gasteiger partial charge >= 0.3 is 0 Å². The van der Waals surface area contributed by atoms with Gasteiger partial charge in [0.05, 0.1) is 0 Å². The van der Waals surface area contributed by atoms with Crippen LogP contribution in [0, 0.1) is 0 Å². The van der Waals surface area contributed by atoms with E-state index in [4.69, 9.17) is 0 Å². The molecule has 0 spiro atoms. The van der Waals surface area contributed by atoms with Crippen molar-refractivity contribution >= 4 is 11.7 Å². The number of hydrogen-bond acceptors (Lipinski definition) is 5. The summed E-state index contributed by atoms with van der Waals surface area (Å²) in [4.78, 5) is 26.5. The quantitative estimate of drug-likeness (QED) is 0.915. The minimum Gasteiger partial charge on any atom is -0.359 e. The van der Waals surface area contributed by atoms with Gasteiger partial charge < -0.3 is 10.2 Å². The van der Waals surface area contributed by atoms with E-state index in [2.05, 4.69) is 20.3 Å². The number of aromatic nitrogens is 3. The topological polar surface area (TPSA) is 71.0 Å². The first-order valence-corrected chi connectivity index (χ1v) is 7.60. The molecular formula is C17H23N5O. The molecule has 0 aliphatic carbocycles. The van der Waals surface area contributed by atoms with Crippen LogP contribution < -0.4 is 10.2 Å². The number of likely N-dealkylation sites (N-methyl/N-ethyl adjacent to an activating group) is 1. The van der Waals surface area contributed by atoms with Crippen LogP contribution in [0.2, 0.25) is 0 Å². The van der Waals surface area contributed by atoms with Crippen LogP contribution in [0.5, 0.6) is 0 Å². The van der Waals surface area contributed by atoms with Crippen LogP contribution in [-0.2, 0) is 6.42 Å². The maximum atomic E-state index is 12.2. The number of rotatable bonds is 5. The Morgan fingerprint density at radius 1 is 1.22 bits per heavy atom. The van der Waals surface area contributed by atoms with E-state index < -0.39 is 0 Å². The summed E-state index contributed by atoms with van der Waals surface area (Å²) in [6, 6.07) is 5.71. The zero-order chi connectivity index (χ0) is 16.9. The second-order valence-corrected chi connectivity index (χ2v) is 6.49. The first-order chi connectivity index (χ1) is 10.8. The SMILES string of the molecule is CN(CCc1ccncc1)c1cc(C(=O)NC(C)(C)C)ncn1. The van der Waals surface area contributed by atoms with Crippen molar-refractivity contribution in [3.63, 3.8) is 0 Å². The van der Waals surface area contributed by atoms with Crippen LogP contribution >= 0.6 is 0 Å². The van der Waals surface area contributed by atoms with Crippen molar-refractivity contribution in [3.8, 4) is 0 Å². The lowest BCUT2D eigenvalue weighted by Crippen LogP contribution is -2.41. The van der Waals surface area contributed by atoms with Crippen molar-refractivity contribution < 1.29 is 4.79 Å². The van der Waals surface area contributed by atoms with Gasteiger partial charge in [0, 0.05) is 37.6 Å². The van der Waals surface area contributed by atoms with E-state index in [0.29, 0.717) is 5.69 Å². The first-order valence-electron chi connectivity index (χ1n) is 7.60. The molecule has 122 valence electrons. The standard InChI is InChI=1S/C17H23N5O/c1-17(2,3)21-16(23)14-11-15(20-12-19-14)22(4)10-7-13-5-8-18-9-6-13/h5-6,8-9,11-12H,7,10H2,1-4H3,(H,21,23). The van der Waals surface area contributed by atoms with Gasteiger partial charge in [-0.1, -0.05) is 0 Å². The zero-order valence-corrected chi connectivity index (χ0v) is 14.1. The number of hydrogen-bond donors (Lipinski definition) is 1. The molecule has 0 atom stereocenters. The highest BCUT2D eigenvalue weighted by atomic mass is 16.2. The van der Waals surface area contributed by atoms with E-state index >= 15 is 0 Å². The Labute approximate surface area is 137 Å². The summed E-state index contributed by atoms with van der Waals surface area (Å²) in [5, 5.41) is 2.90. The summed E-state index contributed by atoms with van der Waals surface area (Å²) in [6.07, 6.45) is 5.88. The highest BCUT2D eigenvalue weighted by Gasteiger charge is 2.17. The minimum atomic E-state index is -0.296. The lowest BCUT2D eigenvalue weighted by molar-refractivity contribution is 0.0914. The number of pyridine rings is 1. The van der Waals surface area contributed by atoms with Crippen LogP contribution in [0.25, 0.3) is 0 Å². The molecule has 0 radical (unpaired) electrons. The third kappa shape index (κ3) is 5.32. The smallest absolute Gasteiger partial charge is 0.270 e. The average molecular weight is 313 g/mol. The Kier molecular flexibility index (Phi) is 5.26. The molecule has 0 aliphatic rings. The van der Waals surface area contributed by atoms with Gasteiger partial charge in [0.25, 0.3) is 5.91 Å². The number of nitrogens with zero attached hydrogens (tertiary/aromatic N) is 4. The van der Waals surface area contributed by atoms with Gasteiger partial charge in [-0.15, -0.1) is 0 Å². The third-order valence-corrected chi connectivity index (χ3v) is 3.25. The van der Waals surface area contributed by atoms with Gasteiger partial charge in [0.2, 0.25) is 0 Å². The molecule has 2 aromatic rings. The van der Waals surface area contributed by atoms with Gasteiger partial charge in [0.1, 0.15) is 17.8 Å². The number of carbonyl (C=O) groups excluding carboxylic acids is 1. The first kappa shape index (κ1) is 16.9. The largest absolute Gasteiger partial charge is 0.359 e. The molecule has 0 bridgehead atoms. The molecule has 0 saturated heterocycles. The predicted octanol–water partition coefficient (Wildman–Crippen LogP) is 2.08. The molecule has 23 heavy (non-hydrogen) atoms. The lowest BCUT2D eigenvalue weighted by atomic mass is 10.1. The summed E-state index contributed by atoms with van der Waals surface area (Å²) in [5.41, 5.74) is 1.29. The predicted molar refractivity (Wildman–Crippen MR) is 90.5 cm³/mol. The molecule has 1 amide bonds. The van der Waals surface area contributed by atoms with E-state index in [1.165, 1.54) is 11.9 Å². The summed E-state index contributed by atoms with van der Waals surface area (Å²) in [5.74, 6) is 0.539. The van der Waals surface area contributed by atoms with Crippen LogP contribution in [0.3, 0.4) is 0 Å². The van der Waals surface area contributed by atoms with Crippen molar-refractivity contribution in [2.24, 2.45) is 0 Å². The monoisotopic (exact) mass is 313 g/mol. The molecule has 2 heterocycles. The van der Waals surface area contributed by atoms with E-state index in [1.807, 2.05) is 44.9 Å². The fourth-order valence-corrected chi connectivity index (χ4v) is 2.05. The maximum absolute atomic E-state index is 12.2. The Morgan fingerprint density at radius 2 is 1.91 bits per heavy atom. The van der Waals surface area contributed by atoms with Crippen LogP contribution in [0.1, 0.15) is 36.8 Å². The van der Waals surface area contributed by atoms with Crippen molar-refractivity contribution in [1.29, 1.82) is 0 Å². The molecule has 2 rings (SSSR count). The molecule has 0 fully saturated rings. The average Bonchev–Trinajstić information content (AvgIpc) is 2.52. The molecule has 1 N–H and O–H groups in total.